The van der Waals surface area contributed by atoms with Crippen LogP contribution in [0.1, 0.15) is 27.7 Å². The molecule has 1 aliphatic rings. The van der Waals surface area contributed by atoms with Gasteiger partial charge in [0.05, 0.1) is 12.2 Å². The quantitative estimate of drug-likeness (QED) is 0.914. The monoisotopic (exact) mass is 266 g/mol. The Labute approximate surface area is 114 Å². The summed E-state index contributed by atoms with van der Waals surface area (Å²) in [5.74, 6) is 0.905. The van der Waals surface area contributed by atoms with Crippen molar-refractivity contribution in [2.45, 2.75) is 39.3 Å². The molecule has 1 aliphatic heterocycles. The standard InChI is InChI=1S/C15H23FN2O/c1-10(2)14-8-18(9-15(3,4)17)12-7-11(16)5-6-13(12)19-14/h5-7,10,14H,8-9,17H2,1-4H3. The molecule has 0 amide bonds. The molecule has 2 rings (SSSR count). The lowest BCUT2D eigenvalue weighted by atomic mass is 10.0. The van der Waals surface area contributed by atoms with Gasteiger partial charge in [0.25, 0.3) is 0 Å². The lowest BCUT2D eigenvalue weighted by Gasteiger charge is -2.40. The Morgan fingerprint density at radius 1 is 1.47 bits per heavy atom. The summed E-state index contributed by atoms with van der Waals surface area (Å²) in [6.07, 6.45) is 0.111. The predicted octanol–water partition coefficient (Wildman–Crippen LogP) is 2.79. The highest BCUT2D eigenvalue weighted by atomic mass is 19.1. The Bertz CT molecular complexity index is 454. The van der Waals surface area contributed by atoms with Crippen molar-refractivity contribution in [3.05, 3.63) is 24.0 Å². The van der Waals surface area contributed by atoms with Gasteiger partial charge in [0.15, 0.2) is 0 Å². The second kappa shape index (κ2) is 5.00. The van der Waals surface area contributed by atoms with E-state index in [1.165, 1.54) is 12.1 Å². The lowest BCUT2D eigenvalue weighted by molar-refractivity contribution is 0.144. The molecule has 1 heterocycles. The van der Waals surface area contributed by atoms with E-state index in [-0.39, 0.29) is 17.5 Å². The number of benzene rings is 1. The van der Waals surface area contributed by atoms with E-state index in [0.29, 0.717) is 12.5 Å². The highest BCUT2D eigenvalue weighted by Gasteiger charge is 2.30. The summed E-state index contributed by atoms with van der Waals surface area (Å²) in [7, 11) is 0. The van der Waals surface area contributed by atoms with E-state index in [1.807, 2.05) is 13.8 Å². The minimum absolute atomic E-state index is 0.111. The Balaban J connectivity index is 2.33. The SMILES string of the molecule is CC(C)C1CN(CC(C)(C)N)c2cc(F)ccc2O1. The summed E-state index contributed by atoms with van der Waals surface area (Å²) in [4.78, 5) is 2.13. The lowest BCUT2D eigenvalue weighted by Crippen LogP contribution is -2.51. The predicted molar refractivity (Wildman–Crippen MR) is 76.1 cm³/mol. The van der Waals surface area contributed by atoms with Gasteiger partial charge in [-0.1, -0.05) is 13.8 Å². The maximum absolute atomic E-state index is 13.4. The Morgan fingerprint density at radius 2 is 2.16 bits per heavy atom. The van der Waals surface area contributed by atoms with Crippen LogP contribution in [0.3, 0.4) is 0 Å². The maximum Gasteiger partial charge on any atom is 0.143 e. The molecule has 0 fully saturated rings. The van der Waals surface area contributed by atoms with E-state index < -0.39 is 0 Å². The van der Waals surface area contributed by atoms with Gasteiger partial charge in [-0.15, -0.1) is 0 Å². The molecule has 0 saturated carbocycles. The fourth-order valence-electron chi connectivity index (χ4n) is 2.34. The number of fused-ring (bicyclic) bond motifs is 1. The number of anilines is 1. The molecule has 0 aromatic heterocycles. The van der Waals surface area contributed by atoms with Gasteiger partial charge in [-0.05, 0) is 31.9 Å². The number of halogens is 1. The van der Waals surface area contributed by atoms with E-state index in [4.69, 9.17) is 10.5 Å². The molecule has 3 nitrogen and oxygen atoms in total. The molecule has 4 heteroatoms. The molecule has 0 spiro atoms. The Hall–Kier alpha value is -1.29. The van der Waals surface area contributed by atoms with Crippen molar-refractivity contribution in [1.29, 1.82) is 0 Å². The number of hydrogen-bond donors (Lipinski definition) is 1. The topological polar surface area (TPSA) is 38.5 Å². The molecule has 1 atom stereocenters. The zero-order chi connectivity index (χ0) is 14.2. The van der Waals surface area contributed by atoms with Crippen LogP contribution in [-0.4, -0.2) is 24.7 Å². The van der Waals surface area contributed by atoms with Gasteiger partial charge in [-0.25, -0.2) is 4.39 Å². The maximum atomic E-state index is 13.4. The number of nitrogens with zero attached hydrogens (tertiary/aromatic N) is 1. The van der Waals surface area contributed by atoms with Crippen LogP contribution < -0.4 is 15.4 Å². The summed E-state index contributed by atoms with van der Waals surface area (Å²) < 4.78 is 19.4. The van der Waals surface area contributed by atoms with E-state index >= 15 is 0 Å². The van der Waals surface area contributed by atoms with E-state index in [9.17, 15) is 4.39 Å². The fourth-order valence-corrected chi connectivity index (χ4v) is 2.34. The number of nitrogens with two attached hydrogens (primary N) is 1. The summed E-state index contributed by atoms with van der Waals surface area (Å²) >= 11 is 0. The van der Waals surface area contributed by atoms with Crippen molar-refractivity contribution in [1.82, 2.24) is 0 Å². The van der Waals surface area contributed by atoms with Gasteiger partial charge in [0.2, 0.25) is 0 Å². The van der Waals surface area contributed by atoms with Crippen LogP contribution in [0.5, 0.6) is 5.75 Å². The molecule has 106 valence electrons. The summed E-state index contributed by atoms with van der Waals surface area (Å²) in [5.41, 5.74) is 6.58. The van der Waals surface area contributed by atoms with Crippen LogP contribution in [0.15, 0.2) is 18.2 Å². The van der Waals surface area contributed by atoms with Crippen LogP contribution in [0.25, 0.3) is 0 Å². The fraction of sp³-hybridized carbons (Fsp3) is 0.600. The zero-order valence-corrected chi connectivity index (χ0v) is 12.1. The van der Waals surface area contributed by atoms with Gasteiger partial charge in [-0.3, -0.25) is 0 Å². The van der Waals surface area contributed by atoms with Crippen LogP contribution >= 0.6 is 0 Å². The normalized spacial score (nSPS) is 19.3. The van der Waals surface area contributed by atoms with E-state index in [1.54, 1.807) is 6.07 Å². The van der Waals surface area contributed by atoms with Gasteiger partial charge in [0, 0.05) is 18.2 Å². The first-order valence-corrected chi connectivity index (χ1v) is 6.76. The third-order valence-corrected chi connectivity index (χ3v) is 3.28. The van der Waals surface area contributed by atoms with Gasteiger partial charge in [-0.2, -0.15) is 0 Å². The third kappa shape index (κ3) is 3.38. The summed E-state index contributed by atoms with van der Waals surface area (Å²) in [5, 5.41) is 0. The van der Waals surface area contributed by atoms with E-state index in [2.05, 4.69) is 18.7 Å². The highest BCUT2D eigenvalue weighted by molar-refractivity contribution is 5.60. The van der Waals surface area contributed by atoms with Crippen molar-refractivity contribution >= 4 is 5.69 Å². The van der Waals surface area contributed by atoms with Gasteiger partial charge < -0.3 is 15.4 Å². The third-order valence-electron chi connectivity index (χ3n) is 3.28. The van der Waals surface area contributed by atoms with E-state index in [0.717, 1.165) is 18.0 Å². The van der Waals surface area contributed by atoms with Crippen molar-refractivity contribution in [2.24, 2.45) is 11.7 Å². The molecule has 1 aromatic rings. The molecule has 0 aliphatic carbocycles. The minimum atomic E-state index is -0.331. The van der Waals surface area contributed by atoms with Crippen molar-refractivity contribution in [3.63, 3.8) is 0 Å². The first-order valence-electron chi connectivity index (χ1n) is 6.76. The van der Waals surface area contributed by atoms with Crippen LogP contribution in [0.2, 0.25) is 0 Å². The molecule has 1 aromatic carbocycles. The molecule has 2 N–H and O–H groups in total. The van der Waals surface area contributed by atoms with Gasteiger partial charge >= 0.3 is 0 Å². The molecule has 0 radical (unpaired) electrons. The van der Waals surface area contributed by atoms with Crippen molar-refractivity contribution < 1.29 is 9.13 Å². The molecular formula is C15H23FN2O. The average Bonchev–Trinajstić information content (AvgIpc) is 2.27. The highest BCUT2D eigenvalue weighted by Crippen LogP contribution is 2.36. The molecular weight excluding hydrogens is 243 g/mol. The summed E-state index contributed by atoms with van der Waals surface area (Å²) in [6, 6.07) is 4.67. The minimum Gasteiger partial charge on any atom is -0.486 e. The van der Waals surface area contributed by atoms with Crippen LogP contribution in [0, 0.1) is 11.7 Å². The van der Waals surface area contributed by atoms with Gasteiger partial charge in [0.1, 0.15) is 17.7 Å². The average molecular weight is 266 g/mol. The Kier molecular flexibility index (Phi) is 3.72. The first kappa shape index (κ1) is 14.1. The smallest absolute Gasteiger partial charge is 0.143 e. The second-order valence-corrected chi connectivity index (χ2v) is 6.38. The second-order valence-electron chi connectivity index (χ2n) is 6.38. The molecule has 0 saturated heterocycles. The number of rotatable bonds is 3. The van der Waals surface area contributed by atoms with Crippen LogP contribution in [-0.2, 0) is 0 Å². The van der Waals surface area contributed by atoms with Crippen molar-refractivity contribution in [3.8, 4) is 5.75 Å². The molecule has 19 heavy (non-hydrogen) atoms. The molecule has 1 unspecified atom stereocenters. The summed E-state index contributed by atoms with van der Waals surface area (Å²) in [6.45, 7) is 9.64. The molecule has 0 bridgehead atoms. The zero-order valence-electron chi connectivity index (χ0n) is 12.1. The van der Waals surface area contributed by atoms with Crippen molar-refractivity contribution in [2.75, 3.05) is 18.0 Å². The Morgan fingerprint density at radius 3 is 2.74 bits per heavy atom. The number of ether oxygens (including phenoxy) is 1. The largest absolute Gasteiger partial charge is 0.486 e. The van der Waals surface area contributed by atoms with Crippen LogP contribution in [0.4, 0.5) is 10.1 Å². The first-order chi connectivity index (χ1) is 8.76. The number of hydrogen-bond acceptors (Lipinski definition) is 3.